The molecule has 0 saturated carbocycles. The number of hydrogen-bond donors (Lipinski definition) is 1. The van der Waals surface area contributed by atoms with Crippen LogP contribution in [0.5, 0.6) is 0 Å². The first-order valence-corrected chi connectivity index (χ1v) is 9.66. The van der Waals surface area contributed by atoms with Crippen LogP contribution in [0.4, 0.5) is 22.4 Å². The van der Waals surface area contributed by atoms with Gasteiger partial charge >= 0.3 is 6.09 Å². The minimum absolute atomic E-state index is 0.00961. The van der Waals surface area contributed by atoms with Gasteiger partial charge in [0, 0.05) is 18.7 Å². The Balaban J connectivity index is 1.95. The lowest BCUT2D eigenvalue weighted by molar-refractivity contribution is -0.134. The van der Waals surface area contributed by atoms with E-state index in [-0.39, 0.29) is 30.6 Å². The van der Waals surface area contributed by atoms with Gasteiger partial charge < -0.3 is 15.0 Å². The van der Waals surface area contributed by atoms with Crippen LogP contribution >= 0.6 is 0 Å². The van der Waals surface area contributed by atoms with Crippen molar-refractivity contribution in [2.24, 2.45) is 0 Å². The molecular weight excluding hydrogens is 416 g/mol. The summed E-state index contributed by atoms with van der Waals surface area (Å²) in [6, 6.07) is 3.24. The standard InChI is InChI=1S/C22H22F4N2O3/c1-22(2,3)31-21(30)27-19(18-16(25)5-4-6-17(18)26)20(29)28-10-9-12-13(11-28)15(24)8-7-14(12)23/h4-8,19H,9-11H2,1-3H3,(H,27,30). The van der Waals surface area contributed by atoms with Gasteiger partial charge in [-0.3, -0.25) is 4.79 Å². The van der Waals surface area contributed by atoms with Crippen molar-refractivity contribution < 1.29 is 31.9 Å². The molecule has 0 aliphatic carbocycles. The minimum Gasteiger partial charge on any atom is -0.444 e. The van der Waals surface area contributed by atoms with Crippen LogP contribution in [0, 0.1) is 23.3 Å². The average molecular weight is 438 g/mol. The van der Waals surface area contributed by atoms with Crippen LogP contribution in [0.2, 0.25) is 0 Å². The summed E-state index contributed by atoms with van der Waals surface area (Å²) in [4.78, 5) is 26.6. The van der Waals surface area contributed by atoms with Gasteiger partial charge in [0.05, 0.1) is 5.56 Å². The number of alkyl carbamates (subject to hydrolysis) is 1. The van der Waals surface area contributed by atoms with Gasteiger partial charge in [0.25, 0.3) is 0 Å². The third-order valence-electron chi connectivity index (χ3n) is 4.81. The smallest absolute Gasteiger partial charge is 0.408 e. The number of rotatable bonds is 3. The fraction of sp³-hybridized carbons (Fsp3) is 0.364. The first kappa shape index (κ1) is 22.6. The maximum absolute atomic E-state index is 14.5. The van der Waals surface area contributed by atoms with Gasteiger partial charge in [-0.15, -0.1) is 0 Å². The van der Waals surface area contributed by atoms with Crippen LogP contribution in [0.1, 0.15) is 43.5 Å². The van der Waals surface area contributed by atoms with Gasteiger partial charge in [0.1, 0.15) is 34.9 Å². The molecule has 0 aromatic heterocycles. The zero-order chi connectivity index (χ0) is 22.9. The predicted molar refractivity (Wildman–Crippen MR) is 104 cm³/mol. The highest BCUT2D eigenvalue weighted by atomic mass is 19.1. The topological polar surface area (TPSA) is 58.6 Å². The SMILES string of the molecule is CC(C)(C)OC(=O)NC(C(=O)N1CCc2c(F)ccc(F)c2C1)c1c(F)cccc1F. The molecule has 1 atom stereocenters. The highest BCUT2D eigenvalue weighted by Crippen LogP contribution is 2.29. The van der Waals surface area contributed by atoms with Crippen LogP contribution in [0.25, 0.3) is 0 Å². The van der Waals surface area contributed by atoms with Crippen molar-refractivity contribution in [1.82, 2.24) is 10.2 Å². The van der Waals surface area contributed by atoms with Crippen LogP contribution in [-0.2, 0) is 22.5 Å². The van der Waals surface area contributed by atoms with Crippen molar-refractivity contribution in [3.8, 4) is 0 Å². The fourth-order valence-corrected chi connectivity index (χ4v) is 3.43. The normalized spacial score (nSPS) is 14.6. The molecule has 2 aromatic rings. The van der Waals surface area contributed by atoms with Crippen molar-refractivity contribution in [3.63, 3.8) is 0 Å². The van der Waals surface area contributed by atoms with E-state index in [0.29, 0.717) is 0 Å². The molecule has 1 aliphatic rings. The van der Waals surface area contributed by atoms with E-state index in [4.69, 9.17) is 4.74 Å². The molecule has 5 nitrogen and oxygen atoms in total. The molecule has 1 aliphatic heterocycles. The molecule has 0 spiro atoms. The molecule has 9 heteroatoms. The number of hydrogen-bond acceptors (Lipinski definition) is 3. The Kier molecular flexibility index (Phi) is 6.24. The maximum atomic E-state index is 14.5. The second-order valence-electron chi connectivity index (χ2n) is 8.21. The van der Waals surface area contributed by atoms with Gasteiger partial charge in [-0.25, -0.2) is 22.4 Å². The predicted octanol–water partition coefficient (Wildman–Crippen LogP) is 4.39. The van der Waals surface area contributed by atoms with Crippen molar-refractivity contribution >= 4 is 12.0 Å². The quantitative estimate of drug-likeness (QED) is 0.723. The highest BCUT2D eigenvalue weighted by molar-refractivity contribution is 5.87. The number of fused-ring (bicyclic) bond motifs is 1. The molecule has 1 N–H and O–H groups in total. The summed E-state index contributed by atoms with van der Waals surface area (Å²) in [6.07, 6.45) is -1.04. The molecule has 0 bridgehead atoms. The van der Waals surface area contributed by atoms with Gasteiger partial charge in [-0.2, -0.15) is 0 Å². The fourth-order valence-electron chi connectivity index (χ4n) is 3.43. The number of carbonyl (C=O) groups excluding carboxylic acids is 2. The van der Waals surface area contributed by atoms with Crippen molar-refractivity contribution in [2.45, 2.75) is 45.4 Å². The molecule has 166 valence electrons. The van der Waals surface area contributed by atoms with Gasteiger partial charge in [-0.05, 0) is 57.0 Å². The summed E-state index contributed by atoms with van der Waals surface area (Å²) in [5.74, 6) is -4.23. The Morgan fingerprint density at radius 1 is 0.968 bits per heavy atom. The molecule has 2 aromatic carbocycles. The molecule has 1 heterocycles. The highest BCUT2D eigenvalue weighted by Gasteiger charge is 2.35. The Hall–Kier alpha value is -3.10. The first-order valence-electron chi connectivity index (χ1n) is 9.66. The number of carbonyl (C=O) groups is 2. The number of amides is 2. The molecule has 3 rings (SSSR count). The number of nitrogens with one attached hydrogen (secondary N) is 1. The van der Waals surface area contributed by atoms with E-state index in [1.807, 2.05) is 0 Å². The summed E-state index contributed by atoms with van der Waals surface area (Å²) >= 11 is 0. The molecular formula is C22H22F4N2O3. The molecule has 31 heavy (non-hydrogen) atoms. The van der Waals surface area contributed by atoms with E-state index in [1.165, 1.54) is 0 Å². The lowest BCUT2D eigenvalue weighted by atomic mass is 9.96. The van der Waals surface area contributed by atoms with E-state index in [9.17, 15) is 27.2 Å². The minimum atomic E-state index is -1.76. The second kappa shape index (κ2) is 8.56. The second-order valence-corrected chi connectivity index (χ2v) is 8.21. The molecule has 0 saturated heterocycles. The van der Waals surface area contributed by atoms with Crippen LogP contribution in [0.15, 0.2) is 30.3 Å². The van der Waals surface area contributed by atoms with Crippen molar-refractivity contribution in [1.29, 1.82) is 0 Å². The van der Waals surface area contributed by atoms with Gasteiger partial charge in [0.15, 0.2) is 0 Å². The molecule has 1 unspecified atom stereocenters. The summed E-state index contributed by atoms with van der Waals surface area (Å²) < 4.78 is 62.3. The molecule has 0 fully saturated rings. The summed E-state index contributed by atoms with van der Waals surface area (Å²) in [5.41, 5.74) is -1.44. The van der Waals surface area contributed by atoms with Crippen LogP contribution in [-0.4, -0.2) is 29.0 Å². The number of benzene rings is 2. The Morgan fingerprint density at radius 3 is 2.13 bits per heavy atom. The Morgan fingerprint density at radius 2 is 1.55 bits per heavy atom. The summed E-state index contributed by atoms with van der Waals surface area (Å²) in [5, 5.41) is 2.22. The zero-order valence-corrected chi connectivity index (χ0v) is 17.3. The van der Waals surface area contributed by atoms with Gasteiger partial charge in [-0.1, -0.05) is 6.07 Å². The largest absolute Gasteiger partial charge is 0.444 e. The molecule has 0 radical (unpaired) electrons. The Labute approximate surface area is 177 Å². The number of halogens is 4. The monoisotopic (exact) mass is 438 g/mol. The van der Waals surface area contributed by atoms with Crippen molar-refractivity contribution in [3.05, 3.63) is 70.3 Å². The first-order chi connectivity index (χ1) is 14.5. The third kappa shape index (κ3) is 4.98. The zero-order valence-electron chi connectivity index (χ0n) is 17.3. The van der Waals surface area contributed by atoms with Crippen LogP contribution in [0.3, 0.4) is 0 Å². The van der Waals surface area contributed by atoms with E-state index in [2.05, 4.69) is 5.32 Å². The maximum Gasteiger partial charge on any atom is 0.408 e. The van der Waals surface area contributed by atoms with Crippen molar-refractivity contribution in [2.75, 3.05) is 6.54 Å². The lowest BCUT2D eigenvalue weighted by Gasteiger charge is -2.33. The molecule has 2 amide bonds. The summed E-state index contributed by atoms with van der Waals surface area (Å²) in [7, 11) is 0. The van der Waals surface area contributed by atoms with Crippen LogP contribution < -0.4 is 5.32 Å². The van der Waals surface area contributed by atoms with E-state index < -0.39 is 52.5 Å². The lowest BCUT2D eigenvalue weighted by Crippen LogP contribution is -2.46. The Bertz CT molecular complexity index is 1000. The van der Waals surface area contributed by atoms with E-state index >= 15 is 0 Å². The number of nitrogens with zero attached hydrogens (tertiary/aromatic N) is 1. The van der Waals surface area contributed by atoms with E-state index in [1.54, 1.807) is 20.8 Å². The average Bonchev–Trinajstić information content (AvgIpc) is 2.67. The summed E-state index contributed by atoms with van der Waals surface area (Å²) in [6.45, 7) is 4.44. The third-order valence-corrected chi connectivity index (χ3v) is 4.81. The van der Waals surface area contributed by atoms with E-state index in [0.717, 1.165) is 35.2 Å². The van der Waals surface area contributed by atoms with Gasteiger partial charge in [0.2, 0.25) is 5.91 Å². The number of ether oxygens (including phenoxy) is 1.